The highest BCUT2D eigenvalue weighted by atomic mass is 16.4. The van der Waals surface area contributed by atoms with Crippen molar-refractivity contribution < 1.29 is 24.6 Å². The first kappa shape index (κ1) is 24.1. The second kappa shape index (κ2) is 9.69. The highest BCUT2D eigenvalue weighted by Crippen LogP contribution is 2.36. The molecule has 0 aliphatic heterocycles. The van der Waals surface area contributed by atoms with E-state index < -0.39 is 23.3 Å². The van der Waals surface area contributed by atoms with Gasteiger partial charge < -0.3 is 20.8 Å². The highest BCUT2D eigenvalue weighted by Gasteiger charge is 2.34. The Labute approximate surface area is 202 Å². The molecule has 1 saturated carbocycles. The van der Waals surface area contributed by atoms with Gasteiger partial charge in [0.25, 0.3) is 5.91 Å². The van der Waals surface area contributed by atoms with Crippen LogP contribution in [0, 0.1) is 5.92 Å². The summed E-state index contributed by atoms with van der Waals surface area (Å²) in [5, 5.41) is 24.7. The van der Waals surface area contributed by atoms with Crippen LogP contribution in [0.3, 0.4) is 0 Å². The summed E-state index contributed by atoms with van der Waals surface area (Å²) in [5.74, 6) is -2.16. The molecule has 0 saturated heterocycles. The van der Waals surface area contributed by atoms with E-state index in [9.17, 15) is 24.6 Å². The SMILES string of the molecule is CC(C)(NC(=O)[C@H]1CC[C@H](c2ccc(NC(=O)c3nc4ccccc4nc3O)cc2)CC1)C(=O)O. The fraction of sp³-hybridized carbons (Fsp3) is 0.346. The van der Waals surface area contributed by atoms with Crippen LogP contribution in [0.15, 0.2) is 48.5 Å². The largest absolute Gasteiger partial charge is 0.492 e. The van der Waals surface area contributed by atoms with E-state index in [1.165, 1.54) is 13.8 Å². The molecule has 9 heteroatoms. The van der Waals surface area contributed by atoms with Gasteiger partial charge in [0.15, 0.2) is 5.69 Å². The molecule has 35 heavy (non-hydrogen) atoms. The molecule has 1 heterocycles. The first-order valence-corrected chi connectivity index (χ1v) is 11.6. The van der Waals surface area contributed by atoms with E-state index in [1.54, 1.807) is 36.4 Å². The number of carbonyl (C=O) groups excluding carboxylic acids is 2. The minimum atomic E-state index is -1.29. The van der Waals surface area contributed by atoms with E-state index in [-0.39, 0.29) is 23.4 Å². The predicted octanol–water partition coefficient (Wildman–Crippen LogP) is 3.84. The third-order valence-electron chi connectivity index (χ3n) is 6.48. The zero-order valence-electron chi connectivity index (χ0n) is 19.6. The average Bonchev–Trinajstić information content (AvgIpc) is 2.83. The van der Waals surface area contributed by atoms with Crippen LogP contribution in [0.4, 0.5) is 5.69 Å². The van der Waals surface area contributed by atoms with Gasteiger partial charge in [0.2, 0.25) is 11.8 Å². The Bertz CT molecular complexity index is 1260. The van der Waals surface area contributed by atoms with Crippen molar-refractivity contribution in [2.24, 2.45) is 5.92 Å². The predicted molar refractivity (Wildman–Crippen MR) is 130 cm³/mol. The first-order valence-electron chi connectivity index (χ1n) is 11.6. The Morgan fingerprint density at radius 1 is 0.914 bits per heavy atom. The maximum absolute atomic E-state index is 12.7. The van der Waals surface area contributed by atoms with E-state index in [1.807, 2.05) is 12.1 Å². The summed E-state index contributed by atoms with van der Waals surface area (Å²) < 4.78 is 0. The third-order valence-corrected chi connectivity index (χ3v) is 6.48. The Morgan fingerprint density at radius 3 is 2.11 bits per heavy atom. The van der Waals surface area contributed by atoms with E-state index in [0.29, 0.717) is 29.6 Å². The number of amides is 2. The van der Waals surface area contributed by atoms with Crippen LogP contribution in [0.25, 0.3) is 11.0 Å². The van der Waals surface area contributed by atoms with Gasteiger partial charge in [0.05, 0.1) is 11.0 Å². The molecule has 1 fully saturated rings. The van der Waals surface area contributed by atoms with Crippen LogP contribution < -0.4 is 10.6 Å². The summed E-state index contributed by atoms with van der Waals surface area (Å²) in [6.45, 7) is 2.96. The smallest absolute Gasteiger partial charge is 0.328 e. The fourth-order valence-electron chi connectivity index (χ4n) is 4.32. The Kier molecular flexibility index (Phi) is 6.68. The molecule has 9 nitrogen and oxygen atoms in total. The second-order valence-corrected chi connectivity index (χ2v) is 9.43. The number of rotatable bonds is 6. The number of carboxylic acids is 1. The number of para-hydroxylation sites is 2. The lowest BCUT2D eigenvalue weighted by atomic mass is 9.78. The number of hydrogen-bond acceptors (Lipinski definition) is 6. The molecule has 182 valence electrons. The summed E-state index contributed by atoms with van der Waals surface area (Å²) in [5.41, 5.74) is 1.27. The van der Waals surface area contributed by atoms with Crippen LogP contribution >= 0.6 is 0 Å². The molecule has 0 bridgehead atoms. The number of aliphatic carboxylic acids is 1. The maximum Gasteiger partial charge on any atom is 0.328 e. The molecular weight excluding hydrogens is 448 g/mol. The molecule has 0 spiro atoms. The Morgan fingerprint density at radius 2 is 1.51 bits per heavy atom. The maximum atomic E-state index is 12.7. The molecule has 2 aromatic carbocycles. The van der Waals surface area contributed by atoms with Gasteiger partial charge in [-0.1, -0.05) is 24.3 Å². The number of aromatic nitrogens is 2. The van der Waals surface area contributed by atoms with Crippen molar-refractivity contribution in [2.75, 3.05) is 5.32 Å². The minimum absolute atomic E-state index is 0.143. The summed E-state index contributed by atoms with van der Waals surface area (Å²) >= 11 is 0. The van der Waals surface area contributed by atoms with E-state index in [0.717, 1.165) is 18.4 Å². The van der Waals surface area contributed by atoms with Gasteiger partial charge in [0.1, 0.15) is 5.54 Å². The molecule has 2 amide bonds. The van der Waals surface area contributed by atoms with Gasteiger partial charge in [-0.15, -0.1) is 0 Å². The molecule has 1 aliphatic rings. The van der Waals surface area contributed by atoms with E-state index in [4.69, 9.17) is 0 Å². The molecule has 4 N–H and O–H groups in total. The van der Waals surface area contributed by atoms with Gasteiger partial charge in [-0.25, -0.2) is 14.8 Å². The molecule has 0 radical (unpaired) electrons. The van der Waals surface area contributed by atoms with Crippen molar-refractivity contribution in [3.05, 3.63) is 59.8 Å². The second-order valence-electron chi connectivity index (χ2n) is 9.43. The quantitative estimate of drug-likeness (QED) is 0.423. The molecule has 0 atom stereocenters. The Hall–Kier alpha value is -4.01. The van der Waals surface area contributed by atoms with Crippen molar-refractivity contribution >= 4 is 34.5 Å². The summed E-state index contributed by atoms with van der Waals surface area (Å²) in [7, 11) is 0. The first-order chi connectivity index (χ1) is 16.6. The van der Waals surface area contributed by atoms with Crippen molar-refractivity contribution in [2.45, 2.75) is 51.0 Å². The van der Waals surface area contributed by atoms with Crippen LogP contribution in [-0.2, 0) is 9.59 Å². The number of fused-ring (bicyclic) bond motifs is 1. The molecule has 1 aromatic heterocycles. The fourth-order valence-corrected chi connectivity index (χ4v) is 4.32. The Balaban J connectivity index is 1.35. The van der Waals surface area contributed by atoms with Gasteiger partial charge >= 0.3 is 5.97 Å². The van der Waals surface area contributed by atoms with Gasteiger partial charge in [-0.3, -0.25) is 9.59 Å². The number of hydrogen-bond donors (Lipinski definition) is 4. The number of benzene rings is 2. The van der Waals surface area contributed by atoms with E-state index >= 15 is 0 Å². The number of carbonyl (C=O) groups is 3. The van der Waals surface area contributed by atoms with Crippen molar-refractivity contribution in [1.82, 2.24) is 15.3 Å². The van der Waals surface area contributed by atoms with Gasteiger partial charge in [-0.05, 0) is 75.3 Å². The number of aromatic hydroxyl groups is 1. The van der Waals surface area contributed by atoms with Gasteiger partial charge in [0, 0.05) is 11.6 Å². The number of nitrogens with one attached hydrogen (secondary N) is 2. The van der Waals surface area contributed by atoms with Crippen LogP contribution in [0.5, 0.6) is 5.88 Å². The molecule has 3 aromatic rings. The van der Waals surface area contributed by atoms with Crippen LogP contribution in [0.2, 0.25) is 0 Å². The highest BCUT2D eigenvalue weighted by molar-refractivity contribution is 6.05. The average molecular weight is 477 g/mol. The van der Waals surface area contributed by atoms with Crippen molar-refractivity contribution in [1.29, 1.82) is 0 Å². The number of anilines is 1. The minimum Gasteiger partial charge on any atom is -0.492 e. The normalized spacial score (nSPS) is 18.1. The lowest BCUT2D eigenvalue weighted by molar-refractivity contribution is -0.146. The lowest BCUT2D eigenvalue weighted by Gasteiger charge is -2.30. The lowest BCUT2D eigenvalue weighted by Crippen LogP contribution is -2.51. The zero-order chi connectivity index (χ0) is 25.2. The standard InChI is InChI=1S/C26H28N4O5/c1-26(2,25(34)35)30-22(31)17-9-7-15(8-10-17)16-11-13-18(14-12-16)27-23(32)21-24(33)29-20-6-4-3-5-19(20)28-21/h3-6,11-15,17H,7-10H2,1-2H3,(H,27,32)(H,29,33)(H,30,31)(H,34,35)/t15-,17-. The molecule has 0 unspecified atom stereocenters. The van der Waals surface area contributed by atoms with E-state index in [2.05, 4.69) is 20.6 Å². The van der Waals surface area contributed by atoms with Crippen molar-refractivity contribution in [3.8, 4) is 5.88 Å². The molecule has 1 aliphatic carbocycles. The monoisotopic (exact) mass is 476 g/mol. The van der Waals surface area contributed by atoms with Gasteiger partial charge in [-0.2, -0.15) is 0 Å². The van der Waals surface area contributed by atoms with Crippen molar-refractivity contribution in [3.63, 3.8) is 0 Å². The van der Waals surface area contributed by atoms with Crippen LogP contribution in [0.1, 0.15) is 61.5 Å². The summed E-state index contributed by atoms with van der Waals surface area (Å²) in [4.78, 5) is 44.7. The molecular formula is C26H28N4O5. The topological polar surface area (TPSA) is 142 Å². The zero-order valence-corrected chi connectivity index (χ0v) is 19.6. The number of carboxylic acid groups (broad SMARTS) is 1. The summed E-state index contributed by atoms with van der Waals surface area (Å²) in [6.07, 6.45) is 3.00. The third kappa shape index (κ3) is 5.40. The molecule has 4 rings (SSSR count). The van der Waals surface area contributed by atoms with Crippen LogP contribution in [-0.4, -0.2) is 43.5 Å². The number of nitrogens with zero attached hydrogens (tertiary/aromatic N) is 2. The summed E-state index contributed by atoms with van der Waals surface area (Å²) in [6, 6.07) is 14.5.